The maximum atomic E-state index is 5.81. The third-order valence-corrected chi connectivity index (χ3v) is 4.04. The molecule has 0 spiro atoms. The first-order valence-corrected chi connectivity index (χ1v) is 8.11. The van der Waals surface area contributed by atoms with Gasteiger partial charge in [-0.15, -0.1) is 0 Å². The summed E-state index contributed by atoms with van der Waals surface area (Å²) in [6.45, 7) is 10.4. The average Bonchev–Trinajstić information content (AvgIpc) is 2.80. The molecule has 0 fully saturated rings. The third-order valence-electron chi connectivity index (χ3n) is 4.04. The van der Waals surface area contributed by atoms with Crippen LogP contribution in [0.15, 0.2) is 29.8 Å². The number of ether oxygens (including phenoxy) is 2. The lowest BCUT2D eigenvalue weighted by Gasteiger charge is -2.08. The zero-order valence-electron chi connectivity index (χ0n) is 13.8. The van der Waals surface area contributed by atoms with Crippen molar-refractivity contribution in [1.82, 2.24) is 0 Å². The van der Waals surface area contributed by atoms with Crippen LogP contribution in [0.5, 0.6) is 11.5 Å². The highest BCUT2D eigenvalue weighted by Gasteiger charge is 2.20. The fourth-order valence-electron chi connectivity index (χ4n) is 2.61. The van der Waals surface area contributed by atoms with Gasteiger partial charge in [0.1, 0.15) is 18.1 Å². The van der Waals surface area contributed by atoms with E-state index in [1.165, 1.54) is 30.4 Å². The van der Waals surface area contributed by atoms with Crippen LogP contribution in [0.25, 0.3) is 0 Å². The van der Waals surface area contributed by atoms with Crippen molar-refractivity contribution in [3.63, 3.8) is 0 Å². The fourth-order valence-corrected chi connectivity index (χ4v) is 2.61. The van der Waals surface area contributed by atoms with E-state index in [0.717, 1.165) is 24.0 Å². The number of benzene rings is 1. The number of hydrogen-bond acceptors (Lipinski definition) is 2. The maximum Gasteiger partial charge on any atom is 0.126 e. The Balaban J connectivity index is 1.78. The minimum absolute atomic E-state index is 0.497. The molecule has 0 aromatic heterocycles. The smallest absolute Gasteiger partial charge is 0.126 e. The SMILES string of the molecule is C/C(=C\COc1ccc2c(c1)OCC2C)CCCC(C)C. The van der Waals surface area contributed by atoms with E-state index in [0.29, 0.717) is 12.5 Å². The maximum absolute atomic E-state index is 5.81. The summed E-state index contributed by atoms with van der Waals surface area (Å²) in [6, 6.07) is 6.19. The van der Waals surface area contributed by atoms with E-state index < -0.39 is 0 Å². The van der Waals surface area contributed by atoms with Crippen LogP contribution >= 0.6 is 0 Å². The molecule has 0 saturated heterocycles. The molecule has 21 heavy (non-hydrogen) atoms. The van der Waals surface area contributed by atoms with Gasteiger partial charge in [0.15, 0.2) is 0 Å². The second kappa shape index (κ2) is 7.53. The molecular formula is C19H28O2. The minimum Gasteiger partial charge on any atom is -0.493 e. The first-order chi connectivity index (χ1) is 10.1. The number of allylic oxidation sites excluding steroid dienone is 1. The molecule has 1 unspecified atom stereocenters. The lowest BCUT2D eigenvalue weighted by atomic mass is 10.0. The first-order valence-electron chi connectivity index (χ1n) is 8.11. The van der Waals surface area contributed by atoms with E-state index in [4.69, 9.17) is 9.47 Å². The molecule has 1 aromatic rings. The van der Waals surface area contributed by atoms with Crippen LogP contribution in [0.2, 0.25) is 0 Å². The van der Waals surface area contributed by atoms with E-state index in [-0.39, 0.29) is 0 Å². The lowest BCUT2D eigenvalue weighted by Crippen LogP contribution is -1.96. The van der Waals surface area contributed by atoms with Gasteiger partial charge in [-0.25, -0.2) is 0 Å². The highest BCUT2D eigenvalue weighted by atomic mass is 16.5. The van der Waals surface area contributed by atoms with Crippen LogP contribution in [0.1, 0.15) is 58.4 Å². The summed E-state index contributed by atoms with van der Waals surface area (Å²) in [5.74, 6) is 3.17. The van der Waals surface area contributed by atoms with Gasteiger partial charge in [-0.2, -0.15) is 0 Å². The molecule has 0 aliphatic carbocycles. The van der Waals surface area contributed by atoms with Gasteiger partial charge in [-0.1, -0.05) is 38.8 Å². The van der Waals surface area contributed by atoms with E-state index in [1.807, 2.05) is 12.1 Å². The monoisotopic (exact) mass is 288 g/mol. The molecular weight excluding hydrogens is 260 g/mol. The molecule has 2 heteroatoms. The Labute approximate surface area is 129 Å². The summed E-state index contributed by atoms with van der Waals surface area (Å²) in [6.07, 6.45) is 5.93. The Morgan fingerprint density at radius 1 is 1.43 bits per heavy atom. The Kier molecular flexibility index (Phi) is 5.72. The first kappa shape index (κ1) is 15.9. The molecule has 2 rings (SSSR count). The summed E-state index contributed by atoms with van der Waals surface area (Å²) < 4.78 is 11.5. The highest BCUT2D eigenvalue weighted by Crippen LogP contribution is 2.36. The summed E-state index contributed by atoms with van der Waals surface area (Å²) in [4.78, 5) is 0. The van der Waals surface area contributed by atoms with Gasteiger partial charge in [-0.05, 0) is 37.8 Å². The molecule has 1 atom stereocenters. The van der Waals surface area contributed by atoms with Crippen LogP contribution in [0.4, 0.5) is 0 Å². The zero-order valence-corrected chi connectivity index (χ0v) is 13.8. The molecule has 2 nitrogen and oxygen atoms in total. The Hall–Kier alpha value is -1.44. The molecule has 1 heterocycles. The highest BCUT2D eigenvalue weighted by molar-refractivity contribution is 5.45. The molecule has 0 saturated carbocycles. The molecule has 116 valence electrons. The van der Waals surface area contributed by atoms with Gasteiger partial charge in [0.25, 0.3) is 0 Å². The topological polar surface area (TPSA) is 18.5 Å². The second-order valence-corrected chi connectivity index (χ2v) is 6.56. The van der Waals surface area contributed by atoms with E-state index in [1.54, 1.807) is 0 Å². The number of hydrogen-bond donors (Lipinski definition) is 0. The molecule has 0 bridgehead atoms. The van der Waals surface area contributed by atoms with Crippen LogP contribution < -0.4 is 9.47 Å². The van der Waals surface area contributed by atoms with Crippen LogP contribution in [-0.2, 0) is 0 Å². The predicted molar refractivity (Wildman–Crippen MR) is 88.3 cm³/mol. The average molecular weight is 288 g/mol. The van der Waals surface area contributed by atoms with Crippen molar-refractivity contribution < 1.29 is 9.47 Å². The third kappa shape index (κ3) is 4.80. The number of fused-ring (bicyclic) bond motifs is 1. The Bertz CT molecular complexity index is 488. The fraction of sp³-hybridized carbons (Fsp3) is 0.579. The Morgan fingerprint density at radius 3 is 3.00 bits per heavy atom. The van der Waals surface area contributed by atoms with Crippen LogP contribution in [0, 0.1) is 5.92 Å². The standard InChI is InChI=1S/C19H28O2/c1-14(2)6-5-7-15(3)10-11-20-17-8-9-18-16(4)13-21-19(18)12-17/h8-10,12,14,16H,5-7,11,13H2,1-4H3/b15-10+. The van der Waals surface area contributed by atoms with E-state index in [9.17, 15) is 0 Å². The van der Waals surface area contributed by atoms with E-state index >= 15 is 0 Å². The summed E-state index contributed by atoms with van der Waals surface area (Å²) in [5.41, 5.74) is 2.71. The van der Waals surface area contributed by atoms with Gasteiger partial charge >= 0.3 is 0 Å². The van der Waals surface area contributed by atoms with Gasteiger partial charge in [0.2, 0.25) is 0 Å². The quantitative estimate of drug-likeness (QED) is 0.631. The van der Waals surface area contributed by atoms with Gasteiger partial charge in [-0.3, -0.25) is 0 Å². The normalized spacial score (nSPS) is 17.8. The van der Waals surface area contributed by atoms with Crippen molar-refractivity contribution in [3.8, 4) is 11.5 Å². The Morgan fingerprint density at radius 2 is 2.24 bits per heavy atom. The molecule has 0 N–H and O–H groups in total. The second-order valence-electron chi connectivity index (χ2n) is 6.56. The summed E-state index contributed by atoms with van der Waals surface area (Å²) in [7, 11) is 0. The molecule has 1 aromatic carbocycles. The summed E-state index contributed by atoms with van der Waals surface area (Å²) in [5, 5.41) is 0. The largest absolute Gasteiger partial charge is 0.493 e. The van der Waals surface area contributed by atoms with Crippen LogP contribution in [-0.4, -0.2) is 13.2 Å². The van der Waals surface area contributed by atoms with Crippen molar-refractivity contribution >= 4 is 0 Å². The predicted octanol–water partition coefficient (Wildman–Crippen LogP) is 5.33. The number of rotatable bonds is 7. The molecule has 1 aliphatic heterocycles. The molecule has 0 amide bonds. The molecule has 0 radical (unpaired) electrons. The summed E-state index contributed by atoms with van der Waals surface area (Å²) >= 11 is 0. The van der Waals surface area contributed by atoms with Gasteiger partial charge in [0, 0.05) is 17.5 Å². The van der Waals surface area contributed by atoms with Gasteiger partial charge < -0.3 is 9.47 Å². The molecule has 1 aliphatic rings. The van der Waals surface area contributed by atoms with Crippen molar-refractivity contribution in [1.29, 1.82) is 0 Å². The minimum atomic E-state index is 0.497. The van der Waals surface area contributed by atoms with Crippen molar-refractivity contribution in [3.05, 3.63) is 35.4 Å². The van der Waals surface area contributed by atoms with Crippen molar-refractivity contribution in [2.75, 3.05) is 13.2 Å². The van der Waals surface area contributed by atoms with Crippen LogP contribution in [0.3, 0.4) is 0 Å². The van der Waals surface area contributed by atoms with Crippen molar-refractivity contribution in [2.24, 2.45) is 5.92 Å². The van der Waals surface area contributed by atoms with Crippen molar-refractivity contribution in [2.45, 2.75) is 52.9 Å². The van der Waals surface area contributed by atoms with E-state index in [2.05, 4.69) is 39.8 Å². The van der Waals surface area contributed by atoms with Gasteiger partial charge in [0.05, 0.1) is 6.61 Å². The lowest BCUT2D eigenvalue weighted by molar-refractivity contribution is 0.331. The zero-order chi connectivity index (χ0) is 15.2.